The fraction of sp³-hybridized carbons (Fsp3) is 0.250. The Kier molecular flexibility index (Phi) is 18.6. The first-order valence-electron chi connectivity index (χ1n) is 20.8. The number of hydrogen-bond acceptors (Lipinski definition) is 14. The number of carboxylic acid groups (broad SMARTS) is 2. The molecule has 0 radical (unpaired) electrons. The number of aliphatic carboxylic acids is 2. The van der Waals surface area contributed by atoms with Gasteiger partial charge in [0.2, 0.25) is 23.5 Å². The number of nitriles is 2. The van der Waals surface area contributed by atoms with Crippen LogP contribution in [0.25, 0.3) is 11.1 Å². The fourth-order valence-corrected chi connectivity index (χ4v) is 7.51. The Bertz CT molecular complexity index is 2790. The summed E-state index contributed by atoms with van der Waals surface area (Å²) in [7, 11) is 0. The highest BCUT2D eigenvalue weighted by Gasteiger charge is 2.18. The van der Waals surface area contributed by atoms with Gasteiger partial charge in [-0.05, 0) is 66.1 Å². The normalized spacial score (nSPS) is 10.8. The van der Waals surface area contributed by atoms with Crippen LogP contribution in [0.1, 0.15) is 70.2 Å². The third-order valence-corrected chi connectivity index (χ3v) is 11.3. The van der Waals surface area contributed by atoms with Gasteiger partial charge in [-0.3, -0.25) is 19.6 Å². The first kappa shape index (κ1) is 49.6. The van der Waals surface area contributed by atoms with Gasteiger partial charge in [0.15, 0.2) is 0 Å². The van der Waals surface area contributed by atoms with Gasteiger partial charge in [-0.2, -0.15) is 20.5 Å². The lowest BCUT2D eigenvalue weighted by Crippen LogP contribution is -2.17. The van der Waals surface area contributed by atoms with Crippen LogP contribution in [0.15, 0.2) is 96.0 Å². The van der Waals surface area contributed by atoms with Crippen molar-refractivity contribution in [3.8, 4) is 46.8 Å². The summed E-state index contributed by atoms with van der Waals surface area (Å²) in [4.78, 5) is 39.5. The Hall–Kier alpha value is -6.86. The molecule has 0 saturated carbocycles. The lowest BCUT2D eigenvalue weighted by molar-refractivity contribution is -0.138. The highest BCUT2D eigenvalue weighted by molar-refractivity contribution is 9.10. The first-order chi connectivity index (χ1) is 32.5. The zero-order chi connectivity index (χ0) is 47.5. The van der Waals surface area contributed by atoms with Crippen LogP contribution in [-0.4, -0.2) is 55.2 Å². The Labute approximate surface area is 404 Å². The van der Waals surface area contributed by atoms with Crippen LogP contribution in [0.3, 0.4) is 0 Å². The van der Waals surface area contributed by atoms with Gasteiger partial charge in [-0.1, -0.05) is 59.6 Å². The molecule has 2 aromatic carbocycles. The lowest BCUT2D eigenvalue weighted by Gasteiger charge is -2.17. The van der Waals surface area contributed by atoms with Crippen molar-refractivity contribution in [2.24, 2.45) is 0 Å². The maximum absolute atomic E-state index is 11.0. The predicted molar refractivity (Wildman–Crippen MR) is 250 cm³/mol. The predicted octanol–water partition coefficient (Wildman–Crippen LogP) is 8.97. The molecule has 0 aliphatic rings. The molecule has 0 aliphatic heterocycles. The molecule has 6 aromatic rings. The summed E-state index contributed by atoms with van der Waals surface area (Å²) in [5.41, 5.74) is 6.18. The summed E-state index contributed by atoms with van der Waals surface area (Å²) in [5, 5.41) is 43.9. The van der Waals surface area contributed by atoms with Crippen molar-refractivity contribution < 1.29 is 38.7 Å². The SMILES string of the molecule is N#Cc1cncc(COc2nc(OCc3cccc(-c4cccc(COc5nc(OCc6cncc(C#N)c6)c(CNCCCC(=O)O)cc5Br)c4Cl)c3Cl)ccc2CNCCCC(=O)O)c1. The number of aromatic nitrogens is 4. The van der Waals surface area contributed by atoms with E-state index in [1.165, 1.54) is 12.4 Å². The van der Waals surface area contributed by atoms with Crippen LogP contribution in [-0.2, 0) is 49.1 Å². The smallest absolute Gasteiger partial charge is 0.303 e. The Balaban J connectivity index is 1.15. The van der Waals surface area contributed by atoms with Crippen molar-refractivity contribution in [2.45, 2.75) is 65.2 Å². The van der Waals surface area contributed by atoms with Crippen LogP contribution in [0.4, 0.5) is 0 Å². The molecule has 67 heavy (non-hydrogen) atoms. The second kappa shape index (κ2) is 25.2. The molecular formula is C48H43BrCl2N8O8. The molecule has 0 amide bonds. The van der Waals surface area contributed by atoms with E-state index in [9.17, 15) is 20.1 Å². The van der Waals surface area contributed by atoms with Gasteiger partial charge in [-0.25, -0.2) is 0 Å². The summed E-state index contributed by atoms with van der Waals surface area (Å²) in [6.45, 7) is 1.90. The summed E-state index contributed by atoms with van der Waals surface area (Å²) < 4.78 is 25.1. The number of nitrogens with zero attached hydrogens (tertiary/aromatic N) is 6. The summed E-state index contributed by atoms with van der Waals surface area (Å²) >= 11 is 17.7. The quantitative estimate of drug-likeness (QED) is 0.0392. The molecule has 6 rings (SSSR count). The topological polar surface area (TPSA) is 235 Å². The van der Waals surface area contributed by atoms with Gasteiger partial charge in [0.1, 0.15) is 38.6 Å². The minimum Gasteiger partial charge on any atom is -0.481 e. The van der Waals surface area contributed by atoms with Crippen LogP contribution >= 0.6 is 39.1 Å². The van der Waals surface area contributed by atoms with Gasteiger partial charge >= 0.3 is 11.9 Å². The second-order valence-corrected chi connectivity index (χ2v) is 16.4. The molecule has 0 bridgehead atoms. The molecule has 0 spiro atoms. The standard InChI is InChI=1S/C48H43BrCl2N8O8/c49-40-17-37(25-55-14-4-10-43(62)63)47(66-27-33-16-31(19-53)21-57-23-33)59-48(40)67-29-36-6-2-8-39(45(36)51)38-7-1-5-35(44(38)50)28-64-41-12-11-34(24-54-13-3-9-42(60)61)46(58-41)65-26-32-15-30(18-52)20-56-22-32/h1-2,5-8,11-12,15-17,20-23,54-55H,3-4,9-10,13-14,24-29H2,(H,60,61)(H,62,63). The van der Waals surface area contributed by atoms with Gasteiger partial charge in [0.25, 0.3) is 0 Å². The van der Waals surface area contributed by atoms with Crippen molar-refractivity contribution in [1.82, 2.24) is 30.6 Å². The average Bonchev–Trinajstić information content (AvgIpc) is 3.33. The number of ether oxygens (including phenoxy) is 4. The van der Waals surface area contributed by atoms with Gasteiger partial charge < -0.3 is 39.8 Å². The maximum atomic E-state index is 11.0. The molecule has 4 N–H and O–H groups in total. The zero-order valence-corrected chi connectivity index (χ0v) is 38.9. The number of pyridine rings is 4. The van der Waals surface area contributed by atoms with Crippen LogP contribution in [0, 0.1) is 22.7 Å². The highest BCUT2D eigenvalue weighted by Crippen LogP contribution is 2.38. The van der Waals surface area contributed by atoms with Gasteiger partial charge in [0, 0.05) is 101 Å². The van der Waals surface area contributed by atoms with Crippen molar-refractivity contribution in [3.05, 3.63) is 151 Å². The number of benzene rings is 2. The molecule has 0 saturated heterocycles. The Morgan fingerprint density at radius 2 is 1.12 bits per heavy atom. The summed E-state index contributed by atoms with van der Waals surface area (Å²) in [6.07, 6.45) is 7.11. The highest BCUT2D eigenvalue weighted by atomic mass is 79.9. The van der Waals surface area contributed by atoms with Crippen molar-refractivity contribution >= 4 is 51.1 Å². The molecule has 0 atom stereocenters. The number of halogens is 3. The second-order valence-electron chi connectivity index (χ2n) is 14.8. The molecule has 0 fully saturated rings. The summed E-state index contributed by atoms with van der Waals surface area (Å²) in [5.74, 6) is -0.665. The number of carboxylic acids is 2. The summed E-state index contributed by atoms with van der Waals surface area (Å²) in [6, 6.07) is 23.9. The van der Waals surface area contributed by atoms with E-state index in [-0.39, 0.29) is 56.9 Å². The van der Waals surface area contributed by atoms with E-state index in [4.69, 9.17) is 52.4 Å². The number of carbonyl (C=O) groups is 2. The van der Waals surface area contributed by atoms with E-state index >= 15 is 0 Å². The van der Waals surface area contributed by atoms with E-state index in [1.54, 1.807) is 30.6 Å². The zero-order valence-electron chi connectivity index (χ0n) is 35.8. The van der Waals surface area contributed by atoms with Crippen LogP contribution in [0.2, 0.25) is 10.0 Å². The first-order valence-corrected chi connectivity index (χ1v) is 22.3. The van der Waals surface area contributed by atoms with E-state index < -0.39 is 11.9 Å². The minimum atomic E-state index is -0.870. The lowest BCUT2D eigenvalue weighted by atomic mass is 10.0. The number of rotatable bonds is 25. The molecule has 344 valence electrons. The Morgan fingerprint density at radius 3 is 1.66 bits per heavy atom. The largest absolute Gasteiger partial charge is 0.481 e. The van der Waals surface area contributed by atoms with E-state index in [1.807, 2.05) is 48.5 Å². The van der Waals surface area contributed by atoms with Crippen molar-refractivity contribution in [2.75, 3.05) is 13.1 Å². The molecule has 19 heteroatoms. The molecule has 4 heterocycles. The maximum Gasteiger partial charge on any atom is 0.303 e. The van der Waals surface area contributed by atoms with E-state index in [0.717, 1.165) is 5.56 Å². The van der Waals surface area contributed by atoms with Gasteiger partial charge in [0.05, 0.1) is 25.6 Å². The monoisotopic (exact) mass is 1010 g/mol. The van der Waals surface area contributed by atoms with Crippen molar-refractivity contribution in [1.29, 1.82) is 10.5 Å². The van der Waals surface area contributed by atoms with E-state index in [0.29, 0.717) is 109 Å². The Morgan fingerprint density at radius 1 is 0.612 bits per heavy atom. The molecule has 16 nitrogen and oxygen atoms in total. The van der Waals surface area contributed by atoms with Gasteiger partial charge in [-0.15, -0.1) is 0 Å². The average molecular weight is 1010 g/mol. The third-order valence-electron chi connectivity index (χ3n) is 9.80. The van der Waals surface area contributed by atoms with E-state index in [2.05, 4.69) is 58.6 Å². The molecular weight excluding hydrogens is 967 g/mol. The number of nitrogens with one attached hydrogen (secondary N) is 2. The molecule has 0 aliphatic carbocycles. The van der Waals surface area contributed by atoms with Crippen LogP contribution in [0.5, 0.6) is 23.5 Å². The number of hydrogen-bond donors (Lipinski definition) is 4. The minimum absolute atomic E-state index is 0.0310. The molecule has 0 unspecified atom stereocenters. The van der Waals surface area contributed by atoms with Crippen LogP contribution < -0.4 is 29.6 Å². The molecule has 4 aromatic heterocycles. The fourth-order valence-electron chi connectivity index (χ4n) is 6.47. The van der Waals surface area contributed by atoms with Crippen molar-refractivity contribution in [3.63, 3.8) is 0 Å². The third kappa shape index (κ3) is 14.8.